The van der Waals surface area contributed by atoms with Gasteiger partial charge in [-0.15, -0.1) is 0 Å². The topological polar surface area (TPSA) is 66.5 Å². The van der Waals surface area contributed by atoms with Crippen LogP contribution in [0.1, 0.15) is 30.5 Å². The van der Waals surface area contributed by atoms with Crippen LogP contribution in [0.3, 0.4) is 0 Å². The summed E-state index contributed by atoms with van der Waals surface area (Å²) in [4.78, 5) is 12.7. The third kappa shape index (κ3) is 4.64. The summed E-state index contributed by atoms with van der Waals surface area (Å²) in [5, 5.41) is 2.80. The van der Waals surface area contributed by atoms with E-state index in [2.05, 4.69) is 12.2 Å². The first-order valence-electron chi connectivity index (χ1n) is 8.60. The summed E-state index contributed by atoms with van der Waals surface area (Å²) in [6, 6.07) is 12.0. The van der Waals surface area contributed by atoms with Gasteiger partial charge in [-0.3, -0.25) is 9.10 Å². The number of sulfonamides is 1. The first-order chi connectivity index (χ1) is 12.1. The van der Waals surface area contributed by atoms with Crippen molar-refractivity contribution in [1.29, 1.82) is 0 Å². The molecule has 5 nitrogen and oxygen atoms in total. The molecule has 0 heterocycles. The van der Waals surface area contributed by atoms with Gasteiger partial charge in [0, 0.05) is 5.69 Å². The summed E-state index contributed by atoms with van der Waals surface area (Å²) in [6.07, 6.45) is 2.03. The molecule has 2 rings (SSSR count). The van der Waals surface area contributed by atoms with Gasteiger partial charge in [0.15, 0.2) is 0 Å². The number of carbonyl (C=O) groups excluding carboxylic acids is 1. The number of hydrogen-bond donors (Lipinski definition) is 1. The lowest BCUT2D eigenvalue weighted by Gasteiger charge is -2.28. The van der Waals surface area contributed by atoms with Gasteiger partial charge in [0.2, 0.25) is 15.9 Å². The number of nitrogens with zero attached hydrogens (tertiary/aromatic N) is 1. The van der Waals surface area contributed by atoms with E-state index in [4.69, 9.17) is 0 Å². The lowest BCUT2D eigenvalue weighted by Crippen LogP contribution is -2.45. The quantitative estimate of drug-likeness (QED) is 0.839. The lowest BCUT2D eigenvalue weighted by atomic mass is 10.1. The average Bonchev–Trinajstić information content (AvgIpc) is 2.57. The highest BCUT2D eigenvalue weighted by Gasteiger charge is 2.29. The molecule has 26 heavy (non-hydrogen) atoms. The number of aryl methyl sites for hydroxylation is 3. The van der Waals surface area contributed by atoms with Crippen molar-refractivity contribution >= 4 is 27.3 Å². The maximum absolute atomic E-state index is 12.7. The number of anilines is 2. The minimum Gasteiger partial charge on any atom is -0.324 e. The minimum absolute atomic E-state index is 0.377. The summed E-state index contributed by atoms with van der Waals surface area (Å²) >= 11 is 0. The Morgan fingerprint density at radius 2 is 1.69 bits per heavy atom. The molecule has 0 radical (unpaired) electrons. The lowest BCUT2D eigenvalue weighted by molar-refractivity contribution is -0.116. The number of benzene rings is 2. The number of carbonyl (C=O) groups is 1. The van der Waals surface area contributed by atoms with E-state index in [1.807, 2.05) is 44.2 Å². The predicted octanol–water partition coefficient (Wildman–Crippen LogP) is 3.66. The Kier molecular flexibility index (Phi) is 6.08. The van der Waals surface area contributed by atoms with E-state index in [1.165, 1.54) is 5.56 Å². The molecule has 1 atom stereocenters. The van der Waals surface area contributed by atoms with Crippen molar-refractivity contribution < 1.29 is 13.2 Å². The molecule has 140 valence electrons. The summed E-state index contributed by atoms with van der Waals surface area (Å²) in [5.74, 6) is -0.377. The second-order valence-electron chi connectivity index (χ2n) is 6.54. The Balaban J connectivity index is 2.29. The SMILES string of the molecule is CCc1ccc(NC(=O)C(C)N(c2ccc(C)c(C)c2)S(C)(=O)=O)cc1. The Bertz CT molecular complexity index is 890. The first-order valence-corrected chi connectivity index (χ1v) is 10.4. The van der Waals surface area contributed by atoms with Gasteiger partial charge in [0.25, 0.3) is 0 Å². The molecule has 0 aliphatic heterocycles. The van der Waals surface area contributed by atoms with Crippen LogP contribution < -0.4 is 9.62 Å². The standard InChI is InChI=1S/C20H26N2O3S/c1-6-17-8-10-18(11-9-17)21-20(23)16(4)22(26(5,24)25)19-12-7-14(2)15(3)13-19/h7-13,16H,6H2,1-5H3,(H,21,23). The third-order valence-corrected chi connectivity index (χ3v) is 5.70. The molecule has 1 amide bonds. The van der Waals surface area contributed by atoms with E-state index < -0.39 is 16.1 Å². The van der Waals surface area contributed by atoms with Gasteiger partial charge in [0.05, 0.1) is 11.9 Å². The van der Waals surface area contributed by atoms with Crippen LogP contribution in [0.15, 0.2) is 42.5 Å². The molecule has 0 aliphatic rings. The van der Waals surface area contributed by atoms with Crippen molar-refractivity contribution in [3.8, 4) is 0 Å². The molecule has 0 saturated heterocycles. The van der Waals surface area contributed by atoms with E-state index in [-0.39, 0.29) is 5.91 Å². The third-order valence-electron chi connectivity index (χ3n) is 4.46. The maximum atomic E-state index is 12.7. The highest BCUT2D eigenvalue weighted by molar-refractivity contribution is 7.92. The summed E-state index contributed by atoms with van der Waals surface area (Å²) in [6.45, 7) is 7.52. The highest BCUT2D eigenvalue weighted by atomic mass is 32.2. The zero-order valence-corrected chi connectivity index (χ0v) is 16.7. The van der Waals surface area contributed by atoms with Crippen LogP contribution in [-0.2, 0) is 21.2 Å². The summed E-state index contributed by atoms with van der Waals surface area (Å²) in [5.41, 5.74) is 4.34. The van der Waals surface area contributed by atoms with Crippen LogP contribution in [-0.4, -0.2) is 26.6 Å². The second kappa shape index (κ2) is 7.91. The summed E-state index contributed by atoms with van der Waals surface area (Å²) < 4.78 is 25.9. The fraction of sp³-hybridized carbons (Fsp3) is 0.350. The zero-order chi connectivity index (χ0) is 19.5. The normalized spacial score (nSPS) is 12.5. The molecule has 6 heteroatoms. The van der Waals surface area contributed by atoms with Crippen molar-refractivity contribution in [3.05, 3.63) is 59.2 Å². The fourth-order valence-corrected chi connectivity index (χ4v) is 3.91. The molecule has 0 aliphatic carbocycles. The molecule has 0 bridgehead atoms. The van der Waals surface area contributed by atoms with Crippen molar-refractivity contribution in [3.63, 3.8) is 0 Å². The Hall–Kier alpha value is -2.34. The predicted molar refractivity (Wildman–Crippen MR) is 107 cm³/mol. The molecule has 1 unspecified atom stereocenters. The zero-order valence-electron chi connectivity index (χ0n) is 15.9. The van der Waals surface area contributed by atoms with Crippen molar-refractivity contribution in [2.45, 2.75) is 40.2 Å². The molecule has 0 saturated carbocycles. The van der Waals surface area contributed by atoms with Crippen LogP contribution in [0.5, 0.6) is 0 Å². The average molecular weight is 375 g/mol. The van der Waals surface area contributed by atoms with E-state index in [0.717, 1.165) is 28.1 Å². The number of nitrogens with one attached hydrogen (secondary N) is 1. The van der Waals surface area contributed by atoms with Gasteiger partial charge in [-0.05, 0) is 68.1 Å². The van der Waals surface area contributed by atoms with Gasteiger partial charge in [-0.1, -0.05) is 25.1 Å². The van der Waals surface area contributed by atoms with Gasteiger partial charge < -0.3 is 5.32 Å². The van der Waals surface area contributed by atoms with Gasteiger partial charge in [-0.2, -0.15) is 0 Å². The van der Waals surface area contributed by atoms with E-state index in [0.29, 0.717) is 11.4 Å². The fourth-order valence-electron chi connectivity index (χ4n) is 2.74. The summed E-state index contributed by atoms with van der Waals surface area (Å²) in [7, 11) is -3.62. The maximum Gasteiger partial charge on any atom is 0.247 e. The van der Waals surface area contributed by atoms with E-state index in [9.17, 15) is 13.2 Å². The van der Waals surface area contributed by atoms with Crippen LogP contribution in [0.4, 0.5) is 11.4 Å². The first kappa shape index (κ1) is 20.0. The molecule has 2 aromatic carbocycles. The number of amides is 1. The van der Waals surface area contributed by atoms with Crippen molar-refractivity contribution in [2.24, 2.45) is 0 Å². The van der Waals surface area contributed by atoms with Gasteiger partial charge in [-0.25, -0.2) is 8.42 Å². The molecular weight excluding hydrogens is 348 g/mol. The Morgan fingerprint density at radius 3 is 2.19 bits per heavy atom. The van der Waals surface area contributed by atoms with Crippen molar-refractivity contribution in [1.82, 2.24) is 0 Å². The van der Waals surface area contributed by atoms with Crippen LogP contribution >= 0.6 is 0 Å². The second-order valence-corrected chi connectivity index (χ2v) is 8.40. The largest absolute Gasteiger partial charge is 0.324 e. The molecule has 0 spiro atoms. The molecule has 0 fully saturated rings. The van der Waals surface area contributed by atoms with Crippen molar-refractivity contribution in [2.75, 3.05) is 15.9 Å². The monoisotopic (exact) mass is 374 g/mol. The molecule has 1 N–H and O–H groups in total. The number of rotatable bonds is 6. The van der Waals surface area contributed by atoms with E-state index in [1.54, 1.807) is 19.1 Å². The van der Waals surface area contributed by atoms with E-state index >= 15 is 0 Å². The Morgan fingerprint density at radius 1 is 1.08 bits per heavy atom. The Labute approximate surface area is 156 Å². The van der Waals surface area contributed by atoms with Crippen LogP contribution in [0, 0.1) is 13.8 Å². The van der Waals surface area contributed by atoms with Gasteiger partial charge in [0.1, 0.15) is 6.04 Å². The van der Waals surface area contributed by atoms with Crippen LogP contribution in [0.2, 0.25) is 0 Å². The molecule has 2 aromatic rings. The van der Waals surface area contributed by atoms with Crippen LogP contribution in [0.25, 0.3) is 0 Å². The minimum atomic E-state index is -3.62. The number of hydrogen-bond acceptors (Lipinski definition) is 3. The molecule has 0 aromatic heterocycles. The van der Waals surface area contributed by atoms with Gasteiger partial charge >= 0.3 is 0 Å². The highest BCUT2D eigenvalue weighted by Crippen LogP contribution is 2.24. The smallest absolute Gasteiger partial charge is 0.247 e. The molecular formula is C20H26N2O3S.